The van der Waals surface area contributed by atoms with E-state index in [-0.39, 0.29) is 17.9 Å². The van der Waals surface area contributed by atoms with Crippen LogP contribution in [0.3, 0.4) is 0 Å². The monoisotopic (exact) mass is 375 g/mol. The molecule has 0 spiro atoms. The molecule has 2 amide bonds. The maximum absolute atomic E-state index is 12.5. The van der Waals surface area contributed by atoms with Crippen LogP contribution in [-0.2, 0) is 9.59 Å². The van der Waals surface area contributed by atoms with Gasteiger partial charge in [-0.2, -0.15) is 0 Å². The molecule has 1 aromatic rings. The summed E-state index contributed by atoms with van der Waals surface area (Å²) in [5.41, 5.74) is 0.911. The Kier molecular flexibility index (Phi) is 6.33. The van der Waals surface area contributed by atoms with Crippen LogP contribution in [0, 0.1) is 0 Å². The van der Waals surface area contributed by atoms with Crippen molar-refractivity contribution in [3.8, 4) is 0 Å². The molecule has 2 saturated heterocycles. The first-order valence-electron chi connectivity index (χ1n) is 9.30. The highest BCUT2D eigenvalue weighted by Gasteiger charge is 2.30. The molecule has 0 radical (unpaired) electrons. The Labute approximate surface area is 160 Å². The van der Waals surface area contributed by atoms with Gasteiger partial charge in [-0.1, -0.05) is 23.7 Å². The summed E-state index contributed by atoms with van der Waals surface area (Å²) in [7, 11) is 0. The molecular formula is C20H26ClN3O2. The lowest BCUT2D eigenvalue weighted by Gasteiger charge is -2.38. The van der Waals surface area contributed by atoms with Gasteiger partial charge in [-0.05, 0) is 43.5 Å². The van der Waals surface area contributed by atoms with Crippen molar-refractivity contribution in [2.45, 2.75) is 25.8 Å². The van der Waals surface area contributed by atoms with Gasteiger partial charge in [-0.15, -0.1) is 0 Å². The number of rotatable bonds is 4. The highest BCUT2D eigenvalue weighted by Crippen LogP contribution is 2.15. The molecule has 0 aliphatic carbocycles. The van der Waals surface area contributed by atoms with Crippen molar-refractivity contribution in [1.82, 2.24) is 14.7 Å². The number of halogens is 1. The molecule has 6 heteroatoms. The molecule has 2 aliphatic rings. The summed E-state index contributed by atoms with van der Waals surface area (Å²) < 4.78 is 0. The van der Waals surface area contributed by atoms with Crippen LogP contribution in [0.1, 0.15) is 25.3 Å². The maximum atomic E-state index is 12.5. The third-order valence-corrected chi connectivity index (χ3v) is 5.45. The standard InChI is InChI=1S/C20H26ClN3O2/c1-16(20(26)24-9-2-3-10-24)22-11-13-23(14-12-22)19(25)8-7-17-5-4-6-18(21)15-17/h4-8,15-16H,2-3,9-14H2,1H3/b8-7+. The van der Waals surface area contributed by atoms with Gasteiger partial charge in [0.25, 0.3) is 0 Å². The molecule has 2 fully saturated rings. The molecule has 1 atom stereocenters. The lowest BCUT2D eigenvalue weighted by atomic mass is 10.2. The number of benzene rings is 1. The van der Waals surface area contributed by atoms with Crippen molar-refractivity contribution in [3.63, 3.8) is 0 Å². The first kappa shape index (κ1) is 18.9. The molecule has 0 aromatic heterocycles. The summed E-state index contributed by atoms with van der Waals surface area (Å²) in [6.07, 6.45) is 5.61. The normalized spacial score (nSPS) is 19.9. The second-order valence-electron chi connectivity index (χ2n) is 6.96. The highest BCUT2D eigenvalue weighted by atomic mass is 35.5. The lowest BCUT2D eigenvalue weighted by molar-refractivity contribution is -0.136. The molecule has 140 valence electrons. The third-order valence-electron chi connectivity index (χ3n) is 5.22. The predicted molar refractivity (Wildman–Crippen MR) is 104 cm³/mol. The third kappa shape index (κ3) is 4.65. The topological polar surface area (TPSA) is 43.9 Å². The van der Waals surface area contributed by atoms with Crippen LogP contribution in [0.25, 0.3) is 6.08 Å². The van der Waals surface area contributed by atoms with Gasteiger partial charge in [-0.3, -0.25) is 14.5 Å². The Morgan fingerprint density at radius 2 is 1.73 bits per heavy atom. The number of carbonyl (C=O) groups excluding carboxylic acids is 2. The van der Waals surface area contributed by atoms with Crippen molar-refractivity contribution in [1.29, 1.82) is 0 Å². The van der Waals surface area contributed by atoms with Gasteiger partial charge in [-0.25, -0.2) is 0 Å². The lowest BCUT2D eigenvalue weighted by Crippen LogP contribution is -2.55. The van der Waals surface area contributed by atoms with Gasteiger partial charge >= 0.3 is 0 Å². The Balaban J connectivity index is 1.49. The zero-order valence-electron chi connectivity index (χ0n) is 15.2. The molecular weight excluding hydrogens is 350 g/mol. The molecule has 0 N–H and O–H groups in total. The first-order valence-corrected chi connectivity index (χ1v) is 9.68. The summed E-state index contributed by atoms with van der Waals surface area (Å²) in [4.78, 5) is 30.9. The SMILES string of the molecule is CC(C(=O)N1CCCC1)N1CCN(C(=O)/C=C/c2cccc(Cl)c2)CC1. The van der Waals surface area contributed by atoms with Gasteiger partial charge in [0.1, 0.15) is 0 Å². The quantitative estimate of drug-likeness (QED) is 0.759. The smallest absolute Gasteiger partial charge is 0.246 e. The molecule has 0 saturated carbocycles. The Bertz CT molecular complexity index is 677. The average molecular weight is 376 g/mol. The highest BCUT2D eigenvalue weighted by molar-refractivity contribution is 6.30. The molecule has 26 heavy (non-hydrogen) atoms. The maximum Gasteiger partial charge on any atom is 0.246 e. The van der Waals surface area contributed by atoms with Crippen molar-refractivity contribution >= 4 is 29.5 Å². The second-order valence-corrected chi connectivity index (χ2v) is 7.39. The number of amides is 2. The van der Waals surface area contributed by atoms with E-state index in [1.165, 1.54) is 0 Å². The van der Waals surface area contributed by atoms with E-state index >= 15 is 0 Å². The van der Waals surface area contributed by atoms with E-state index < -0.39 is 0 Å². The number of piperazine rings is 1. The van der Waals surface area contributed by atoms with Crippen LogP contribution < -0.4 is 0 Å². The van der Waals surface area contributed by atoms with Gasteiger partial charge in [0.15, 0.2) is 0 Å². The minimum atomic E-state index is -0.104. The minimum absolute atomic E-state index is 0.00291. The van der Waals surface area contributed by atoms with E-state index in [1.807, 2.05) is 41.0 Å². The minimum Gasteiger partial charge on any atom is -0.341 e. The van der Waals surface area contributed by atoms with Gasteiger partial charge < -0.3 is 9.80 Å². The zero-order chi connectivity index (χ0) is 18.5. The summed E-state index contributed by atoms with van der Waals surface area (Å²) >= 11 is 5.96. The van der Waals surface area contributed by atoms with Crippen molar-refractivity contribution in [3.05, 3.63) is 40.9 Å². The second kappa shape index (κ2) is 8.69. The molecule has 1 aromatic carbocycles. The van der Waals surface area contributed by atoms with Crippen molar-refractivity contribution in [2.24, 2.45) is 0 Å². The molecule has 5 nitrogen and oxygen atoms in total. The van der Waals surface area contributed by atoms with Gasteiger partial charge in [0.2, 0.25) is 11.8 Å². The van der Waals surface area contributed by atoms with Gasteiger partial charge in [0, 0.05) is 50.4 Å². The average Bonchev–Trinajstić information content (AvgIpc) is 3.20. The van der Waals surface area contributed by atoms with Crippen LogP contribution in [-0.4, -0.2) is 71.8 Å². The summed E-state index contributed by atoms with van der Waals surface area (Å²) in [5, 5.41) is 0.657. The van der Waals surface area contributed by atoms with Crippen molar-refractivity contribution in [2.75, 3.05) is 39.3 Å². The van der Waals surface area contributed by atoms with Crippen LogP contribution in [0.2, 0.25) is 5.02 Å². The van der Waals surface area contributed by atoms with E-state index in [2.05, 4.69) is 4.90 Å². The summed E-state index contributed by atoms with van der Waals surface area (Å²) in [6.45, 7) is 6.52. The number of likely N-dealkylation sites (tertiary alicyclic amines) is 1. The van der Waals surface area contributed by atoms with E-state index in [9.17, 15) is 9.59 Å². The fraction of sp³-hybridized carbons (Fsp3) is 0.500. The van der Waals surface area contributed by atoms with E-state index in [4.69, 9.17) is 11.6 Å². The Morgan fingerprint density at radius 3 is 2.38 bits per heavy atom. The summed E-state index contributed by atoms with van der Waals surface area (Å²) in [6, 6.07) is 7.32. The van der Waals surface area contributed by atoms with Crippen molar-refractivity contribution < 1.29 is 9.59 Å². The van der Waals surface area contributed by atoms with E-state index in [0.29, 0.717) is 18.1 Å². The van der Waals surface area contributed by atoms with Crippen LogP contribution >= 0.6 is 11.6 Å². The molecule has 0 bridgehead atoms. The molecule has 2 heterocycles. The molecule has 2 aliphatic heterocycles. The van der Waals surface area contributed by atoms with Gasteiger partial charge in [0.05, 0.1) is 6.04 Å². The predicted octanol–water partition coefficient (Wildman–Crippen LogP) is 2.51. The number of hydrogen-bond acceptors (Lipinski definition) is 3. The fourth-order valence-electron chi connectivity index (χ4n) is 3.57. The summed E-state index contributed by atoms with van der Waals surface area (Å²) in [5.74, 6) is 0.228. The number of carbonyl (C=O) groups is 2. The fourth-order valence-corrected chi connectivity index (χ4v) is 3.77. The molecule has 1 unspecified atom stereocenters. The Morgan fingerprint density at radius 1 is 1.04 bits per heavy atom. The molecule has 3 rings (SSSR count). The van der Waals surface area contributed by atoms with E-state index in [1.54, 1.807) is 12.2 Å². The first-order chi connectivity index (χ1) is 12.5. The number of nitrogens with zero attached hydrogens (tertiary/aromatic N) is 3. The van der Waals surface area contributed by atoms with Crippen LogP contribution in [0.5, 0.6) is 0 Å². The largest absolute Gasteiger partial charge is 0.341 e. The van der Waals surface area contributed by atoms with E-state index in [0.717, 1.165) is 44.6 Å². The zero-order valence-corrected chi connectivity index (χ0v) is 16.0. The van der Waals surface area contributed by atoms with Crippen LogP contribution in [0.15, 0.2) is 30.3 Å². The number of hydrogen-bond donors (Lipinski definition) is 0. The Hall–Kier alpha value is -1.85. The van der Waals surface area contributed by atoms with Crippen LogP contribution in [0.4, 0.5) is 0 Å².